The molecule has 220 valence electrons. The van der Waals surface area contributed by atoms with E-state index in [4.69, 9.17) is 9.47 Å². The maximum Gasteiger partial charge on any atom is 0.337 e. The summed E-state index contributed by atoms with van der Waals surface area (Å²) in [6.45, 7) is 8.72. The number of aromatic nitrogens is 1. The Balaban J connectivity index is 1.38. The third-order valence-electron chi connectivity index (χ3n) is 8.66. The van der Waals surface area contributed by atoms with E-state index >= 15 is 0 Å². The summed E-state index contributed by atoms with van der Waals surface area (Å²) >= 11 is 0. The molecule has 1 aromatic heterocycles. The van der Waals surface area contributed by atoms with E-state index in [9.17, 15) is 19.1 Å². The topological polar surface area (TPSA) is 84.2 Å². The third-order valence-corrected chi connectivity index (χ3v) is 8.66. The highest BCUT2D eigenvalue weighted by atomic mass is 19.1. The van der Waals surface area contributed by atoms with Crippen molar-refractivity contribution in [2.45, 2.75) is 44.5 Å². The summed E-state index contributed by atoms with van der Waals surface area (Å²) in [6.07, 6.45) is 3.35. The second kappa shape index (κ2) is 12.2. The van der Waals surface area contributed by atoms with E-state index in [2.05, 4.69) is 23.6 Å². The highest BCUT2D eigenvalue weighted by molar-refractivity contribution is 6.02. The van der Waals surface area contributed by atoms with Gasteiger partial charge in [0.1, 0.15) is 5.82 Å². The number of carboxylic acid groups (broad SMARTS) is 1. The molecule has 2 aromatic carbocycles. The average molecular weight is 574 g/mol. The third kappa shape index (κ3) is 5.64. The minimum atomic E-state index is -1.06. The van der Waals surface area contributed by atoms with Gasteiger partial charge in [-0.15, -0.1) is 6.58 Å². The van der Waals surface area contributed by atoms with Gasteiger partial charge in [0.2, 0.25) is 0 Å². The summed E-state index contributed by atoms with van der Waals surface area (Å²) in [5, 5.41) is 10.1. The second-order valence-electron chi connectivity index (χ2n) is 11.2. The molecule has 3 aliphatic heterocycles. The fraction of sp³-hybridized carbons (Fsp3) is 0.394. The fourth-order valence-corrected chi connectivity index (χ4v) is 6.55. The maximum atomic E-state index is 14.8. The number of nitrogens with zero attached hydrogens (tertiary/aromatic N) is 3. The van der Waals surface area contributed by atoms with Crippen LogP contribution in [0.3, 0.4) is 0 Å². The summed E-state index contributed by atoms with van der Waals surface area (Å²) in [4.78, 5) is 31.0. The van der Waals surface area contributed by atoms with Crippen molar-refractivity contribution in [1.82, 2.24) is 14.4 Å². The lowest BCUT2D eigenvalue weighted by Gasteiger charge is -2.40. The molecule has 3 aromatic rings. The standard InChI is InChI=1S/C33H36FN3O5/c1-2-13-42-26-9-10-36-30(18-26)29(33(39)40)19-31(36)28-17-24(34)7-8-27(28)32(38)37-20-23-6-4-3-5-22(23)16-25(37)21-35-11-14-41-15-12-35/h2-8,17,19,25-26H,1,9-16,18,20-21H2,(H,39,40)/t25-,26?/m0/s1. The Morgan fingerprint density at radius 3 is 2.60 bits per heavy atom. The van der Waals surface area contributed by atoms with E-state index in [-0.39, 0.29) is 23.6 Å². The fourth-order valence-electron chi connectivity index (χ4n) is 6.55. The zero-order valence-electron chi connectivity index (χ0n) is 23.6. The highest BCUT2D eigenvalue weighted by Gasteiger charge is 2.35. The second-order valence-corrected chi connectivity index (χ2v) is 11.2. The number of benzene rings is 2. The van der Waals surface area contributed by atoms with Crippen LogP contribution in [0.15, 0.2) is 61.2 Å². The molecule has 0 bridgehead atoms. The van der Waals surface area contributed by atoms with Gasteiger partial charge in [-0.25, -0.2) is 9.18 Å². The van der Waals surface area contributed by atoms with E-state index in [0.29, 0.717) is 68.3 Å². The first-order valence-electron chi connectivity index (χ1n) is 14.6. The zero-order chi connectivity index (χ0) is 29.2. The first kappa shape index (κ1) is 28.3. The van der Waals surface area contributed by atoms with E-state index in [0.717, 1.165) is 31.6 Å². The number of morpholine rings is 1. The molecule has 0 saturated carbocycles. The molecule has 0 radical (unpaired) electrons. The summed E-state index contributed by atoms with van der Waals surface area (Å²) in [5.74, 6) is -1.73. The van der Waals surface area contributed by atoms with Gasteiger partial charge >= 0.3 is 5.97 Å². The van der Waals surface area contributed by atoms with Gasteiger partial charge in [-0.1, -0.05) is 30.3 Å². The number of rotatable bonds is 8. The van der Waals surface area contributed by atoms with E-state index in [1.54, 1.807) is 18.2 Å². The number of aromatic carboxylic acids is 1. The molecule has 0 spiro atoms. The lowest BCUT2D eigenvalue weighted by molar-refractivity contribution is 0.0193. The lowest BCUT2D eigenvalue weighted by atomic mass is 9.92. The number of fused-ring (bicyclic) bond motifs is 2. The number of halogens is 1. The van der Waals surface area contributed by atoms with Crippen LogP contribution >= 0.6 is 0 Å². The predicted octanol–water partition coefficient (Wildman–Crippen LogP) is 4.41. The van der Waals surface area contributed by atoms with Crippen LogP contribution in [0.25, 0.3) is 11.3 Å². The first-order chi connectivity index (χ1) is 20.4. The molecule has 8 nitrogen and oxygen atoms in total. The van der Waals surface area contributed by atoms with Gasteiger partial charge in [0.25, 0.3) is 5.91 Å². The van der Waals surface area contributed by atoms with Crippen LogP contribution in [0.5, 0.6) is 0 Å². The summed E-state index contributed by atoms with van der Waals surface area (Å²) in [6, 6.07) is 13.9. The molecular weight excluding hydrogens is 537 g/mol. The summed E-state index contributed by atoms with van der Waals surface area (Å²) in [5.41, 5.74) is 4.42. The van der Waals surface area contributed by atoms with Crippen molar-refractivity contribution in [3.8, 4) is 11.3 Å². The number of ether oxygens (including phenoxy) is 2. The smallest absolute Gasteiger partial charge is 0.337 e. The highest BCUT2D eigenvalue weighted by Crippen LogP contribution is 2.35. The van der Waals surface area contributed by atoms with Crippen LogP contribution < -0.4 is 0 Å². The Kier molecular flexibility index (Phi) is 8.24. The number of hydrogen-bond donors (Lipinski definition) is 1. The van der Waals surface area contributed by atoms with Crippen molar-refractivity contribution in [3.63, 3.8) is 0 Å². The molecule has 1 N–H and O–H groups in total. The van der Waals surface area contributed by atoms with Gasteiger partial charge in [0.05, 0.1) is 37.2 Å². The predicted molar refractivity (Wildman–Crippen MR) is 156 cm³/mol. The van der Waals surface area contributed by atoms with E-state index < -0.39 is 11.8 Å². The molecule has 2 atom stereocenters. The van der Waals surface area contributed by atoms with Gasteiger partial charge in [-0.2, -0.15) is 0 Å². The van der Waals surface area contributed by atoms with Gasteiger partial charge in [0.15, 0.2) is 0 Å². The van der Waals surface area contributed by atoms with Gasteiger partial charge in [0, 0.05) is 62.0 Å². The molecule has 3 aliphatic rings. The largest absolute Gasteiger partial charge is 0.478 e. The maximum absolute atomic E-state index is 14.8. The molecular formula is C33H36FN3O5. The van der Waals surface area contributed by atoms with Crippen molar-refractivity contribution in [2.24, 2.45) is 0 Å². The van der Waals surface area contributed by atoms with Crippen LogP contribution in [0.2, 0.25) is 0 Å². The Morgan fingerprint density at radius 1 is 1.05 bits per heavy atom. The van der Waals surface area contributed by atoms with E-state index in [1.807, 2.05) is 21.6 Å². The van der Waals surface area contributed by atoms with Crippen LogP contribution in [-0.2, 0) is 35.4 Å². The number of amides is 1. The molecule has 1 saturated heterocycles. The minimum absolute atomic E-state index is 0.0676. The SMILES string of the molecule is C=CCOC1CCn2c(-c3cc(F)ccc3C(=O)N3Cc4ccccc4C[C@H]3CN3CCOCC3)cc(C(=O)O)c2C1. The Morgan fingerprint density at radius 2 is 1.83 bits per heavy atom. The first-order valence-corrected chi connectivity index (χ1v) is 14.6. The number of carboxylic acids is 1. The molecule has 9 heteroatoms. The van der Waals surface area contributed by atoms with Gasteiger partial charge in [-0.05, 0) is 48.2 Å². The summed E-state index contributed by atoms with van der Waals surface area (Å²) in [7, 11) is 0. The zero-order valence-corrected chi connectivity index (χ0v) is 23.6. The molecule has 1 fully saturated rings. The van der Waals surface area contributed by atoms with Crippen molar-refractivity contribution in [1.29, 1.82) is 0 Å². The van der Waals surface area contributed by atoms with Crippen molar-refractivity contribution in [3.05, 3.63) is 95.0 Å². The molecule has 0 aliphatic carbocycles. The lowest BCUT2D eigenvalue weighted by Crippen LogP contribution is -2.52. The van der Waals surface area contributed by atoms with Crippen molar-refractivity contribution < 1.29 is 28.6 Å². The molecule has 42 heavy (non-hydrogen) atoms. The van der Waals surface area contributed by atoms with Crippen molar-refractivity contribution >= 4 is 11.9 Å². The number of carbonyl (C=O) groups excluding carboxylic acids is 1. The Bertz CT molecular complexity index is 1490. The molecule has 1 unspecified atom stereocenters. The summed E-state index contributed by atoms with van der Waals surface area (Å²) < 4.78 is 28.1. The van der Waals surface area contributed by atoms with Crippen LogP contribution in [0.4, 0.5) is 4.39 Å². The number of hydrogen-bond acceptors (Lipinski definition) is 5. The normalized spacial score (nSPS) is 20.5. The molecule has 4 heterocycles. The van der Waals surface area contributed by atoms with E-state index in [1.165, 1.54) is 17.7 Å². The average Bonchev–Trinajstić information content (AvgIpc) is 3.39. The quantitative estimate of drug-likeness (QED) is 0.402. The van der Waals surface area contributed by atoms with Crippen LogP contribution in [0, 0.1) is 5.82 Å². The van der Waals surface area contributed by atoms with Crippen LogP contribution in [0.1, 0.15) is 44.0 Å². The Hall–Kier alpha value is -3.79. The Labute approximate surface area is 244 Å². The monoisotopic (exact) mass is 573 g/mol. The molecule has 1 amide bonds. The van der Waals surface area contributed by atoms with Gasteiger partial charge < -0.3 is 24.0 Å². The number of carbonyl (C=O) groups is 2. The van der Waals surface area contributed by atoms with Gasteiger partial charge in [-0.3, -0.25) is 9.69 Å². The van der Waals surface area contributed by atoms with Crippen molar-refractivity contribution in [2.75, 3.05) is 39.5 Å². The van der Waals surface area contributed by atoms with Crippen LogP contribution in [-0.4, -0.2) is 83.0 Å². The minimum Gasteiger partial charge on any atom is -0.478 e. The molecule has 6 rings (SSSR count).